The van der Waals surface area contributed by atoms with Crippen LogP contribution in [0, 0.1) is 6.92 Å². The molecule has 0 atom stereocenters. The summed E-state index contributed by atoms with van der Waals surface area (Å²) in [5, 5.41) is 6.00. The summed E-state index contributed by atoms with van der Waals surface area (Å²) in [5.74, 6) is -0.508. The highest BCUT2D eigenvalue weighted by molar-refractivity contribution is 6.31. The fraction of sp³-hybridized carbons (Fsp3) is 0.545. The van der Waals surface area contributed by atoms with E-state index in [0.717, 1.165) is 43.7 Å². The summed E-state index contributed by atoms with van der Waals surface area (Å²) in [6.07, 6.45) is 2.17. The van der Waals surface area contributed by atoms with Crippen LogP contribution >= 0.6 is 11.6 Å². The smallest absolute Gasteiger partial charge is 0.251 e. The van der Waals surface area contributed by atoms with Crippen LogP contribution in [0.15, 0.2) is 24.3 Å². The predicted octanol–water partition coefficient (Wildman–Crippen LogP) is 2.99. The third-order valence-electron chi connectivity index (χ3n) is 5.49. The van der Waals surface area contributed by atoms with E-state index in [2.05, 4.69) is 41.0 Å². The Hall–Kier alpha value is -2.05. The summed E-state index contributed by atoms with van der Waals surface area (Å²) in [4.78, 5) is 29.3. The molecule has 1 aliphatic heterocycles. The molecule has 1 fully saturated rings. The lowest BCUT2D eigenvalue weighted by atomic mass is 9.99. The van der Waals surface area contributed by atoms with E-state index in [4.69, 9.17) is 11.6 Å². The van der Waals surface area contributed by atoms with Crippen molar-refractivity contribution >= 4 is 29.1 Å². The predicted molar refractivity (Wildman–Crippen MR) is 120 cm³/mol. The summed E-state index contributed by atoms with van der Waals surface area (Å²) in [5.41, 5.74) is 2.75. The van der Waals surface area contributed by atoms with Crippen molar-refractivity contribution in [2.24, 2.45) is 0 Å². The molecule has 160 valence electrons. The molecular formula is C22H33ClN4O2. The quantitative estimate of drug-likeness (QED) is 0.634. The molecule has 6 nitrogen and oxygen atoms in total. The van der Waals surface area contributed by atoms with Gasteiger partial charge in [-0.25, -0.2) is 0 Å². The zero-order valence-corrected chi connectivity index (χ0v) is 18.7. The lowest BCUT2D eigenvalue weighted by molar-refractivity contribution is -0.117. The first-order valence-corrected chi connectivity index (χ1v) is 10.7. The van der Waals surface area contributed by atoms with Crippen molar-refractivity contribution < 1.29 is 9.59 Å². The Morgan fingerprint density at radius 2 is 1.90 bits per heavy atom. The van der Waals surface area contributed by atoms with Gasteiger partial charge in [0.1, 0.15) is 0 Å². The Morgan fingerprint density at radius 3 is 2.48 bits per heavy atom. The van der Waals surface area contributed by atoms with Crippen LogP contribution in [0.5, 0.6) is 0 Å². The third-order valence-corrected chi connectivity index (χ3v) is 5.71. The summed E-state index contributed by atoms with van der Waals surface area (Å²) in [6.45, 7) is 13.3. The molecule has 0 spiro atoms. The molecule has 0 bridgehead atoms. The fourth-order valence-electron chi connectivity index (χ4n) is 3.78. The summed E-state index contributed by atoms with van der Waals surface area (Å²) in [6, 6.07) is 4.07. The van der Waals surface area contributed by atoms with Crippen LogP contribution in [0.4, 0.5) is 5.69 Å². The number of rotatable bonds is 8. The SMILES string of the molecule is C=C(CNC(=O)c1cc(Cl)cc(N(CC)C2CCN(C)CC2)c1C)C(=O)NCC. The number of anilines is 1. The number of benzene rings is 1. The minimum absolute atomic E-state index is 0.0956. The monoisotopic (exact) mass is 420 g/mol. The minimum atomic E-state index is -0.254. The highest BCUT2D eigenvalue weighted by Gasteiger charge is 2.25. The standard InChI is InChI=1S/C22H33ClN4O2/c1-6-24-21(28)15(3)14-25-22(29)19-12-17(23)13-20(16(19)4)27(7-2)18-8-10-26(5)11-9-18/h12-13,18H,3,6-11,14H2,1-2,4-5H3,(H,24,28)(H,25,29). The van der Waals surface area contributed by atoms with Gasteiger partial charge in [-0.05, 0) is 71.4 Å². The molecule has 0 radical (unpaired) electrons. The maximum atomic E-state index is 12.8. The Bertz CT molecular complexity index is 757. The Balaban J connectivity index is 2.19. The van der Waals surface area contributed by atoms with Gasteiger partial charge in [0, 0.05) is 47.5 Å². The van der Waals surface area contributed by atoms with Gasteiger partial charge in [0.15, 0.2) is 0 Å². The third kappa shape index (κ3) is 5.97. The number of likely N-dealkylation sites (N-methyl/N-ethyl adjacent to an activating group) is 1. The molecule has 0 aromatic heterocycles. The topological polar surface area (TPSA) is 64.7 Å². The van der Waals surface area contributed by atoms with Crippen LogP contribution < -0.4 is 15.5 Å². The Kier molecular flexibility index (Phi) is 8.53. The number of nitrogens with one attached hydrogen (secondary N) is 2. The number of hydrogen-bond donors (Lipinski definition) is 2. The van der Waals surface area contributed by atoms with Crippen LogP contribution in [0.25, 0.3) is 0 Å². The number of piperidine rings is 1. The molecule has 1 aliphatic rings. The van der Waals surface area contributed by atoms with Gasteiger partial charge in [0.25, 0.3) is 5.91 Å². The van der Waals surface area contributed by atoms with E-state index in [9.17, 15) is 9.59 Å². The highest BCUT2D eigenvalue weighted by atomic mass is 35.5. The summed E-state index contributed by atoms with van der Waals surface area (Å²) in [7, 11) is 2.15. The van der Waals surface area contributed by atoms with Gasteiger partial charge in [-0.2, -0.15) is 0 Å². The second kappa shape index (κ2) is 10.6. The molecule has 1 aromatic carbocycles. The average molecular weight is 421 g/mol. The van der Waals surface area contributed by atoms with Gasteiger partial charge in [0.2, 0.25) is 5.91 Å². The zero-order valence-electron chi connectivity index (χ0n) is 18.0. The highest BCUT2D eigenvalue weighted by Crippen LogP contribution is 2.31. The van der Waals surface area contributed by atoms with Crippen LogP contribution in [0.3, 0.4) is 0 Å². The maximum Gasteiger partial charge on any atom is 0.251 e. The second-order valence-electron chi connectivity index (χ2n) is 7.56. The van der Waals surface area contributed by atoms with Crippen LogP contribution in [0.1, 0.15) is 42.6 Å². The minimum Gasteiger partial charge on any atom is -0.368 e. The van der Waals surface area contributed by atoms with Crippen molar-refractivity contribution in [2.45, 2.75) is 39.7 Å². The molecule has 2 N–H and O–H groups in total. The number of halogens is 1. The zero-order chi connectivity index (χ0) is 21.6. The summed E-state index contributed by atoms with van der Waals surface area (Å²) < 4.78 is 0. The van der Waals surface area contributed by atoms with Gasteiger partial charge >= 0.3 is 0 Å². The lowest BCUT2D eigenvalue weighted by Crippen LogP contribution is -2.44. The van der Waals surface area contributed by atoms with Crippen molar-refractivity contribution in [1.29, 1.82) is 0 Å². The molecule has 0 saturated carbocycles. The van der Waals surface area contributed by atoms with Crippen molar-refractivity contribution in [3.8, 4) is 0 Å². The lowest BCUT2D eigenvalue weighted by Gasteiger charge is -2.39. The van der Waals surface area contributed by atoms with Gasteiger partial charge in [-0.15, -0.1) is 0 Å². The summed E-state index contributed by atoms with van der Waals surface area (Å²) >= 11 is 6.39. The normalized spacial score (nSPS) is 15.1. The van der Waals surface area contributed by atoms with E-state index < -0.39 is 0 Å². The Labute approximate surface area is 179 Å². The number of amides is 2. The van der Waals surface area contributed by atoms with E-state index in [1.165, 1.54) is 0 Å². The van der Waals surface area contributed by atoms with Crippen molar-refractivity contribution in [3.63, 3.8) is 0 Å². The van der Waals surface area contributed by atoms with E-state index in [0.29, 0.717) is 28.7 Å². The van der Waals surface area contributed by atoms with Gasteiger partial charge < -0.3 is 20.4 Å². The van der Waals surface area contributed by atoms with Crippen LogP contribution in [-0.4, -0.2) is 62.5 Å². The van der Waals surface area contributed by atoms with Crippen molar-refractivity contribution in [3.05, 3.63) is 40.4 Å². The average Bonchev–Trinajstić information content (AvgIpc) is 2.70. The molecule has 7 heteroatoms. The van der Waals surface area contributed by atoms with Gasteiger partial charge in [-0.3, -0.25) is 9.59 Å². The van der Waals surface area contributed by atoms with Crippen LogP contribution in [-0.2, 0) is 4.79 Å². The van der Waals surface area contributed by atoms with Crippen molar-refractivity contribution in [1.82, 2.24) is 15.5 Å². The number of nitrogens with zero attached hydrogens (tertiary/aromatic N) is 2. The fourth-order valence-corrected chi connectivity index (χ4v) is 3.99. The molecular weight excluding hydrogens is 388 g/mol. The molecule has 2 amide bonds. The van der Waals surface area contributed by atoms with Gasteiger partial charge in [-0.1, -0.05) is 18.2 Å². The molecule has 0 aliphatic carbocycles. The Morgan fingerprint density at radius 1 is 1.24 bits per heavy atom. The molecule has 0 unspecified atom stereocenters. The van der Waals surface area contributed by atoms with E-state index in [1.807, 2.05) is 19.9 Å². The van der Waals surface area contributed by atoms with Crippen molar-refractivity contribution in [2.75, 3.05) is 44.7 Å². The van der Waals surface area contributed by atoms with Gasteiger partial charge in [0.05, 0.1) is 0 Å². The second-order valence-corrected chi connectivity index (χ2v) is 8.00. The molecule has 1 saturated heterocycles. The molecule has 2 rings (SSSR count). The van der Waals surface area contributed by atoms with E-state index >= 15 is 0 Å². The van der Waals surface area contributed by atoms with E-state index in [1.54, 1.807) is 6.07 Å². The maximum absolute atomic E-state index is 12.8. The number of carbonyl (C=O) groups excluding carboxylic acids is 2. The first kappa shape index (κ1) is 23.2. The van der Waals surface area contributed by atoms with E-state index in [-0.39, 0.29) is 18.4 Å². The molecule has 29 heavy (non-hydrogen) atoms. The largest absolute Gasteiger partial charge is 0.368 e. The van der Waals surface area contributed by atoms with Crippen LogP contribution in [0.2, 0.25) is 5.02 Å². The number of carbonyl (C=O) groups is 2. The number of hydrogen-bond acceptors (Lipinski definition) is 4. The molecule has 1 aromatic rings. The first-order chi connectivity index (χ1) is 13.8. The first-order valence-electron chi connectivity index (χ1n) is 10.3. The number of likely N-dealkylation sites (tertiary alicyclic amines) is 1. The molecule has 1 heterocycles.